The highest BCUT2D eigenvalue weighted by Crippen LogP contribution is 2.30. The van der Waals surface area contributed by atoms with Gasteiger partial charge in [0.2, 0.25) is 5.91 Å². The highest BCUT2D eigenvalue weighted by atomic mass is 16.6. The standard InChI is InChI=1S/C22H17N3O6/c1-2-21(26)23(17-6-4-3-5-7-17)18-11-8-15(9-12-18)22(27)16-10-13-19(24(28)29)20(14-16)25(30)31/h3-14H,2H2,1H3. The van der Waals surface area contributed by atoms with Gasteiger partial charge in [-0.3, -0.25) is 34.7 Å². The maximum Gasteiger partial charge on any atom is 0.346 e. The van der Waals surface area contributed by atoms with E-state index >= 15 is 0 Å². The van der Waals surface area contributed by atoms with Gasteiger partial charge in [-0.25, -0.2) is 0 Å². The molecule has 0 heterocycles. The minimum atomic E-state index is -0.897. The second-order valence-corrected chi connectivity index (χ2v) is 6.51. The molecular formula is C22H17N3O6. The van der Waals surface area contributed by atoms with Gasteiger partial charge in [0.15, 0.2) is 5.78 Å². The van der Waals surface area contributed by atoms with E-state index in [1.807, 2.05) is 18.2 Å². The molecule has 9 nitrogen and oxygen atoms in total. The third kappa shape index (κ3) is 4.45. The Balaban J connectivity index is 1.94. The molecule has 0 N–H and O–H groups in total. The summed E-state index contributed by atoms with van der Waals surface area (Å²) in [6.07, 6.45) is 0.280. The van der Waals surface area contributed by atoms with Crippen LogP contribution in [-0.2, 0) is 4.79 Å². The van der Waals surface area contributed by atoms with Crippen LogP contribution >= 0.6 is 0 Å². The summed E-state index contributed by atoms with van der Waals surface area (Å²) in [5.41, 5.74) is -0.0214. The Bertz CT molecular complexity index is 1160. The van der Waals surface area contributed by atoms with Crippen molar-refractivity contribution >= 4 is 34.4 Å². The van der Waals surface area contributed by atoms with E-state index in [9.17, 15) is 29.8 Å². The summed E-state index contributed by atoms with van der Waals surface area (Å²) in [5, 5.41) is 22.1. The molecule has 0 saturated carbocycles. The molecular weight excluding hydrogens is 402 g/mol. The average Bonchev–Trinajstić information content (AvgIpc) is 2.79. The van der Waals surface area contributed by atoms with Crippen molar-refractivity contribution in [3.05, 3.63) is 104 Å². The predicted molar refractivity (Wildman–Crippen MR) is 114 cm³/mol. The average molecular weight is 419 g/mol. The lowest BCUT2D eigenvalue weighted by atomic mass is 10.0. The van der Waals surface area contributed by atoms with Crippen molar-refractivity contribution in [2.24, 2.45) is 0 Å². The quantitative estimate of drug-likeness (QED) is 0.307. The number of hydrogen-bond donors (Lipinski definition) is 0. The predicted octanol–water partition coefficient (Wildman–Crippen LogP) is 4.81. The van der Waals surface area contributed by atoms with Gasteiger partial charge in [0.05, 0.1) is 9.85 Å². The first-order chi connectivity index (χ1) is 14.8. The summed E-state index contributed by atoms with van der Waals surface area (Å²) >= 11 is 0. The minimum Gasteiger partial charge on any atom is -0.289 e. The zero-order chi connectivity index (χ0) is 22.5. The van der Waals surface area contributed by atoms with E-state index in [0.29, 0.717) is 11.4 Å². The number of nitrogens with zero attached hydrogens (tertiary/aromatic N) is 3. The van der Waals surface area contributed by atoms with Gasteiger partial charge in [-0.2, -0.15) is 0 Å². The highest BCUT2D eigenvalue weighted by Gasteiger charge is 2.26. The smallest absolute Gasteiger partial charge is 0.289 e. The molecule has 0 fully saturated rings. The molecule has 0 unspecified atom stereocenters. The lowest BCUT2D eigenvalue weighted by Gasteiger charge is -2.22. The van der Waals surface area contributed by atoms with Crippen LogP contribution in [0.1, 0.15) is 29.3 Å². The Morgan fingerprint density at radius 3 is 1.87 bits per heavy atom. The molecule has 0 aliphatic rings. The summed E-state index contributed by atoms with van der Waals surface area (Å²) in [4.78, 5) is 47.1. The van der Waals surface area contributed by atoms with E-state index in [2.05, 4.69) is 0 Å². The van der Waals surface area contributed by atoms with Crippen LogP contribution in [0, 0.1) is 20.2 Å². The van der Waals surface area contributed by atoms with E-state index < -0.39 is 27.0 Å². The van der Waals surface area contributed by atoms with Crippen LogP contribution in [0.2, 0.25) is 0 Å². The van der Waals surface area contributed by atoms with Crippen molar-refractivity contribution in [2.75, 3.05) is 4.90 Å². The van der Waals surface area contributed by atoms with Gasteiger partial charge in [-0.15, -0.1) is 0 Å². The molecule has 0 spiro atoms. The topological polar surface area (TPSA) is 124 Å². The Labute approximate surface area is 176 Å². The summed E-state index contributed by atoms with van der Waals surface area (Å²) in [5.74, 6) is -0.658. The van der Waals surface area contributed by atoms with Gasteiger partial charge in [-0.1, -0.05) is 25.1 Å². The molecule has 9 heteroatoms. The van der Waals surface area contributed by atoms with Gasteiger partial charge >= 0.3 is 11.4 Å². The number of nitro groups is 2. The minimum absolute atomic E-state index is 0.0467. The molecule has 3 rings (SSSR count). The first kappa shape index (κ1) is 21.3. The largest absolute Gasteiger partial charge is 0.346 e. The molecule has 3 aromatic rings. The molecule has 0 aliphatic carbocycles. The second-order valence-electron chi connectivity index (χ2n) is 6.51. The number of para-hydroxylation sites is 1. The number of nitro benzene ring substituents is 2. The molecule has 0 atom stereocenters. The normalized spacial score (nSPS) is 10.4. The van der Waals surface area contributed by atoms with E-state index in [0.717, 1.165) is 12.1 Å². The van der Waals surface area contributed by atoms with E-state index in [4.69, 9.17) is 0 Å². The lowest BCUT2D eigenvalue weighted by molar-refractivity contribution is -0.422. The van der Waals surface area contributed by atoms with Crippen molar-refractivity contribution in [2.45, 2.75) is 13.3 Å². The Morgan fingerprint density at radius 1 is 0.774 bits per heavy atom. The zero-order valence-electron chi connectivity index (χ0n) is 16.4. The van der Waals surface area contributed by atoms with Crippen molar-refractivity contribution in [3.63, 3.8) is 0 Å². The van der Waals surface area contributed by atoms with Crippen LogP contribution in [0.3, 0.4) is 0 Å². The number of hydrogen-bond acceptors (Lipinski definition) is 6. The molecule has 0 aliphatic heterocycles. The maximum absolute atomic E-state index is 12.8. The number of rotatable bonds is 7. The van der Waals surface area contributed by atoms with Crippen LogP contribution in [0.5, 0.6) is 0 Å². The van der Waals surface area contributed by atoms with Gasteiger partial charge in [0.25, 0.3) is 0 Å². The first-order valence-corrected chi connectivity index (χ1v) is 9.29. The van der Waals surface area contributed by atoms with Crippen molar-refractivity contribution < 1.29 is 19.4 Å². The number of amides is 1. The molecule has 31 heavy (non-hydrogen) atoms. The number of benzene rings is 3. The molecule has 1 amide bonds. The van der Waals surface area contributed by atoms with Crippen molar-refractivity contribution in [3.8, 4) is 0 Å². The van der Waals surface area contributed by atoms with Crippen LogP contribution in [0.4, 0.5) is 22.7 Å². The van der Waals surface area contributed by atoms with E-state index in [1.165, 1.54) is 23.1 Å². The van der Waals surface area contributed by atoms with Gasteiger partial charge in [0, 0.05) is 41.1 Å². The molecule has 156 valence electrons. The summed E-state index contributed by atoms with van der Waals surface area (Å²) in [7, 11) is 0. The lowest BCUT2D eigenvalue weighted by Crippen LogP contribution is -2.24. The summed E-state index contributed by atoms with van der Waals surface area (Å²) in [6.45, 7) is 1.75. The SMILES string of the molecule is CCC(=O)N(c1ccccc1)c1ccc(C(=O)c2ccc([N+](=O)[O-])c([N+](=O)[O-])c2)cc1. The van der Waals surface area contributed by atoms with Crippen LogP contribution in [-0.4, -0.2) is 21.5 Å². The first-order valence-electron chi connectivity index (χ1n) is 9.29. The number of carbonyl (C=O) groups excluding carboxylic acids is 2. The number of anilines is 2. The van der Waals surface area contributed by atoms with E-state index in [1.54, 1.807) is 31.2 Å². The Hall–Kier alpha value is -4.40. The molecule has 0 saturated heterocycles. The third-order valence-corrected chi connectivity index (χ3v) is 4.58. The number of carbonyl (C=O) groups is 2. The highest BCUT2D eigenvalue weighted by molar-refractivity contribution is 6.10. The van der Waals surface area contributed by atoms with E-state index in [-0.39, 0.29) is 23.5 Å². The number of ketones is 1. The van der Waals surface area contributed by atoms with Crippen LogP contribution in [0.25, 0.3) is 0 Å². The fraction of sp³-hybridized carbons (Fsp3) is 0.0909. The Kier molecular flexibility index (Phi) is 6.15. The molecule has 0 aromatic heterocycles. The van der Waals surface area contributed by atoms with Gasteiger partial charge in [-0.05, 0) is 42.5 Å². The van der Waals surface area contributed by atoms with Crippen molar-refractivity contribution in [1.82, 2.24) is 0 Å². The molecule has 3 aromatic carbocycles. The third-order valence-electron chi connectivity index (χ3n) is 4.58. The summed E-state index contributed by atoms with van der Waals surface area (Å²) in [6, 6.07) is 18.3. The molecule has 0 bridgehead atoms. The Morgan fingerprint density at radius 2 is 1.32 bits per heavy atom. The summed E-state index contributed by atoms with van der Waals surface area (Å²) < 4.78 is 0. The van der Waals surface area contributed by atoms with Gasteiger partial charge < -0.3 is 0 Å². The van der Waals surface area contributed by atoms with Crippen LogP contribution < -0.4 is 4.90 Å². The zero-order valence-corrected chi connectivity index (χ0v) is 16.4. The van der Waals surface area contributed by atoms with Crippen LogP contribution in [0.15, 0.2) is 72.8 Å². The fourth-order valence-electron chi connectivity index (χ4n) is 3.07. The fourth-order valence-corrected chi connectivity index (χ4v) is 3.07. The van der Waals surface area contributed by atoms with Crippen molar-refractivity contribution in [1.29, 1.82) is 0 Å². The van der Waals surface area contributed by atoms with Gasteiger partial charge in [0.1, 0.15) is 0 Å². The second kappa shape index (κ2) is 8.95. The monoisotopic (exact) mass is 419 g/mol. The maximum atomic E-state index is 12.8. The molecule has 0 radical (unpaired) electrons.